The summed E-state index contributed by atoms with van der Waals surface area (Å²) in [5.74, 6) is -0.177. The number of ether oxygens (including phenoxy) is 1. The van der Waals surface area contributed by atoms with E-state index in [0.717, 1.165) is 18.4 Å². The molecule has 0 unspecified atom stereocenters. The predicted molar refractivity (Wildman–Crippen MR) is 85.8 cm³/mol. The highest BCUT2D eigenvalue weighted by atomic mass is 32.2. The minimum absolute atomic E-state index is 0.0824. The van der Waals surface area contributed by atoms with E-state index in [4.69, 9.17) is 4.74 Å². The Hall–Kier alpha value is -1.60. The second kappa shape index (κ2) is 6.66. The molecule has 1 heterocycles. The largest absolute Gasteiger partial charge is 0.383 e. The molecule has 1 N–H and O–H groups in total. The molecule has 1 aromatic carbocycles. The summed E-state index contributed by atoms with van der Waals surface area (Å²) in [6.45, 7) is 2.80. The van der Waals surface area contributed by atoms with Crippen LogP contribution in [0.1, 0.15) is 29.3 Å². The SMILES string of the molecule is COC[C@H](C)NC(=O)c1ccc2c(c1)CCCN2S(C)(=O)=O. The standard InChI is InChI=1S/C15H22N2O4S/c1-11(10-21-2)16-15(18)13-6-7-14-12(9-13)5-4-8-17(14)22(3,19)20/h6-7,9,11H,4-5,8,10H2,1-3H3,(H,16,18)/t11-/m0/s1. The summed E-state index contributed by atoms with van der Waals surface area (Å²) in [6, 6.07) is 5.07. The number of carbonyl (C=O) groups is 1. The van der Waals surface area contributed by atoms with Gasteiger partial charge in [-0.1, -0.05) is 0 Å². The summed E-state index contributed by atoms with van der Waals surface area (Å²) < 4.78 is 30.0. The van der Waals surface area contributed by atoms with Crippen LogP contribution in [0, 0.1) is 0 Å². The summed E-state index contributed by atoms with van der Waals surface area (Å²) in [6.07, 6.45) is 2.73. The van der Waals surface area contributed by atoms with Crippen LogP contribution in [0.5, 0.6) is 0 Å². The zero-order chi connectivity index (χ0) is 16.3. The molecule has 0 bridgehead atoms. The van der Waals surface area contributed by atoms with Gasteiger partial charge in [0, 0.05) is 25.3 Å². The third-order valence-electron chi connectivity index (χ3n) is 3.61. The fourth-order valence-corrected chi connectivity index (χ4v) is 3.64. The molecule has 0 radical (unpaired) electrons. The quantitative estimate of drug-likeness (QED) is 0.881. The monoisotopic (exact) mass is 326 g/mol. The van der Waals surface area contributed by atoms with E-state index in [0.29, 0.717) is 24.4 Å². The third-order valence-corrected chi connectivity index (χ3v) is 4.79. The van der Waals surface area contributed by atoms with Gasteiger partial charge in [0.2, 0.25) is 10.0 Å². The fraction of sp³-hybridized carbons (Fsp3) is 0.533. The van der Waals surface area contributed by atoms with Crippen molar-refractivity contribution < 1.29 is 17.9 Å². The molecule has 1 aliphatic heterocycles. The molecule has 1 amide bonds. The Kier molecular flexibility index (Phi) is 5.08. The van der Waals surface area contributed by atoms with Crippen LogP contribution < -0.4 is 9.62 Å². The normalized spacial score (nSPS) is 16.0. The Morgan fingerprint density at radius 1 is 1.45 bits per heavy atom. The van der Waals surface area contributed by atoms with Crippen LogP contribution in [0.3, 0.4) is 0 Å². The summed E-state index contributed by atoms with van der Waals surface area (Å²) in [4.78, 5) is 12.2. The number of methoxy groups -OCH3 is 1. The van der Waals surface area contributed by atoms with Crippen LogP contribution in [0.2, 0.25) is 0 Å². The Labute approximate surface area is 131 Å². The van der Waals surface area contributed by atoms with Crippen LogP contribution in [-0.2, 0) is 21.2 Å². The highest BCUT2D eigenvalue weighted by Crippen LogP contribution is 2.29. The molecule has 2 rings (SSSR count). The number of anilines is 1. The number of nitrogens with zero attached hydrogens (tertiary/aromatic N) is 1. The first-order valence-corrected chi connectivity index (χ1v) is 9.08. The number of hydrogen-bond acceptors (Lipinski definition) is 4. The first-order valence-electron chi connectivity index (χ1n) is 7.23. The zero-order valence-electron chi connectivity index (χ0n) is 13.1. The molecule has 0 saturated carbocycles. The molecule has 1 aromatic rings. The van der Waals surface area contributed by atoms with Crippen molar-refractivity contribution in [2.75, 3.05) is 30.8 Å². The smallest absolute Gasteiger partial charge is 0.251 e. The van der Waals surface area contributed by atoms with Gasteiger partial charge in [-0.05, 0) is 43.5 Å². The fourth-order valence-electron chi connectivity index (χ4n) is 2.65. The number of benzene rings is 1. The van der Waals surface area contributed by atoms with Gasteiger partial charge in [-0.3, -0.25) is 9.10 Å². The van der Waals surface area contributed by atoms with E-state index in [1.54, 1.807) is 25.3 Å². The van der Waals surface area contributed by atoms with Crippen molar-refractivity contribution in [3.8, 4) is 0 Å². The van der Waals surface area contributed by atoms with E-state index in [2.05, 4.69) is 5.32 Å². The molecular formula is C15H22N2O4S. The third kappa shape index (κ3) is 3.78. The molecule has 0 spiro atoms. The van der Waals surface area contributed by atoms with Gasteiger partial charge in [0.25, 0.3) is 5.91 Å². The maximum Gasteiger partial charge on any atom is 0.251 e. The number of amides is 1. The summed E-state index contributed by atoms with van der Waals surface area (Å²) in [5, 5.41) is 2.85. The van der Waals surface area contributed by atoms with Crippen LogP contribution in [0.25, 0.3) is 0 Å². The van der Waals surface area contributed by atoms with Crippen molar-refractivity contribution >= 4 is 21.6 Å². The summed E-state index contributed by atoms with van der Waals surface area (Å²) >= 11 is 0. The van der Waals surface area contributed by atoms with E-state index < -0.39 is 10.0 Å². The second-order valence-corrected chi connectivity index (χ2v) is 7.52. The highest BCUT2D eigenvalue weighted by molar-refractivity contribution is 7.92. The van der Waals surface area contributed by atoms with E-state index in [1.165, 1.54) is 10.6 Å². The molecule has 7 heteroatoms. The van der Waals surface area contributed by atoms with Crippen LogP contribution in [-0.4, -0.2) is 46.9 Å². The second-order valence-electron chi connectivity index (χ2n) is 5.61. The van der Waals surface area contributed by atoms with Crippen molar-refractivity contribution in [1.82, 2.24) is 5.32 Å². The Bertz CT molecular complexity index is 658. The van der Waals surface area contributed by atoms with Crippen LogP contribution in [0.15, 0.2) is 18.2 Å². The van der Waals surface area contributed by atoms with Gasteiger partial charge < -0.3 is 10.1 Å². The van der Waals surface area contributed by atoms with Gasteiger partial charge in [-0.25, -0.2) is 8.42 Å². The Morgan fingerprint density at radius 3 is 2.82 bits per heavy atom. The molecule has 0 aliphatic carbocycles. The van der Waals surface area contributed by atoms with Gasteiger partial charge in [-0.15, -0.1) is 0 Å². The lowest BCUT2D eigenvalue weighted by atomic mass is 10.0. The highest BCUT2D eigenvalue weighted by Gasteiger charge is 2.24. The number of nitrogens with one attached hydrogen (secondary N) is 1. The summed E-state index contributed by atoms with van der Waals surface area (Å²) in [5.41, 5.74) is 2.11. The van der Waals surface area contributed by atoms with Crippen molar-refractivity contribution in [1.29, 1.82) is 0 Å². The molecule has 122 valence electrons. The Balaban J connectivity index is 2.23. The number of aryl methyl sites for hydroxylation is 1. The molecule has 6 nitrogen and oxygen atoms in total. The minimum atomic E-state index is -3.28. The van der Waals surface area contributed by atoms with Gasteiger partial charge in [0.1, 0.15) is 0 Å². The average Bonchev–Trinajstić information content (AvgIpc) is 2.45. The molecule has 0 saturated heterocycles. The van der Waals surface area contributed by atoms with Gasteiger partial charge in [-0.2, -0.15) is 0 Å². The number of rotatable bonds is 5. The van der Waals surface area contributed by atoms with Crippen molar-refractivity contribution in [3.05, 3.63) is 29.3 Å². The topological polar surface area (TPSA) is 75.7 Å². The van der Waals surface area contributed by atoms with Crippen molar-refractivity contribution in [3.63, 3.8) is 0 Å². The van der Waals surface area contributed by atoms with E-state index in [9.17, 15) is 13.2 Å². The number of sulfonamides is 1. The molecule has 22 heavy (non-hydrogen) atoms. The average molecular weight is 326 g/mol. The zero-order valence-corrected chi connectivity index (χ0v) is 13.9. The van der Waals surface area contributed by atoms with E-state index in [1.807, 2.05) is 6.92 Å². The lowest BCUT2D eigenvalue weighted by Crippen LogP contribution is -2.36. The van der Waals surface area contributed by atoms with Crippen LogP contribution >= 0.6 is 0 Å². The molecule has 0 fully saturated rings. The number of hydrogen-bond donors (Lipinski definition) is 1. The molecule has 1 atom stereocenters. The minimum Gasteiger partial charge on any atom is -0.383 e. The first-order chi connectivity index (χ1) is 10.3. The lowest BCUT2D eigenvalue weighted by Gasteiger charge is -2.29. The number of carbonyl (C=O) groups excluding carboxylic acids is 1. The number of fused-ring (bicyclic) bond motifs is 1. The Morgan fingerprint density at radius 2 is 2.18 bits per heavy atom. The van der Waals surface area contributed by atoms with E-state index in [-0.39, 0.29) is 11.9 Å². The maximum atomic E-state index is 12.2. The van der Waals surface area contributed by atoms with Gasteiger partial charge in [0.15, 0.2) is 0 Å². The van der Waals surface area contributed by atoms with Crippen molar-refractivity contribution in [2.24, 2.45) is 0 Å². The molecular weight excluding hydrogens is 304 g/mol. The van der Waals surface area contributed by atoms with Gasteiger partial charge in [0.05, 0.1) is 18.6 Å². The van der Waals surface area contributed by atoms with Gasteiger partial charge >= 0.3 is 0 Å². The van der Waals surface area contributed by atoms with E-state index >= 15 is 0 Å². The first kappa shape index (κ1) is 16.8. The van der Waals surface area contributed by atoms with Crippen molar-refractivity contribution in [2.45, 2.75) is 25.8 Å². The summed E-state index contributed by atoms with van der Waals surface area (Å²) in [7, 11) is -1.70. The lowest BCUT2D eigenvalue weighted by molar-refractivity contribution is 0.0905. The van der Waals surface area contributed by atoms with Crippen LogP contribution in [0.4, 0.5) is 5.69 Å². The molecule has 0 aromatic heterocycles. The maximum absolute atomic E-state index is 12.2. The predicted octanol–water partition coefficient (Wildman–Crippen LogP) is 1.16. The molecule has 1 aliphatic rings.